The molecule has 2 rings (SSSR count). The summed E-state index contributed by atoms with van der Waals surface area (Å²) in [5.74, 6) is -2.83. The lowest BCUT2D eigenvalue weighted by Crippen LogP contribution is -2.50. The molecule has 0 radical (unpaired) electrons. The number of hydrogen-bond donors (Lipinski definition) is 0. The third-order valence-corrected chi connectivity index (χ3v) is 3.53. The van der Waals surface area contributed by atoms with Gasteiger partial charge in [-0.05, 0) is 11.1 Å². The summed E-state index contributed by atoms with van der Waals surface area (Å²) in [7, 11) is 17.0. The van der Waals surface area contributed by atoms with Gasteiger partial charge in [-0.3, -0.25) is 4.90 Å². The Bertz CT molecular complexity index is 747. The van der Waals surface area contributed by atoms with Crippen LogP contribution in [0.5, 0.6) is 0 Å². The summed E-state index contributed by atoms with van der Waals surface area (Å²) in [4.78, 5) is 23.9. The molecule has 0 saturated carbocycles. The molecule has 0 unspecified atom stereocenters. The zero-order chi connectivity index (χ0) is 25.7. The predicted molar refractivity (Wildman–Crippen MR) is 128 cm³/mol. The number of carbonyl (C=O) groups is 2. The molecule has 0 saturated heterocycles. The van der Waals surface area contributed by atoms with E-state index in [0.717, 1.165) is 20.1 Å². The van der Waals surface area contributed by atoms with Crippen LogP contribution in [0.4, 0.5) is 0 Å². The maximum absolute atomic E-state index is 11.4. The molecule has 0 aliphatic carbocycles. The number of carboxylic acids is 2. The largest absolute Gasteiger partial charge is 0.550 e. The van der Waals surface area contributed by atoms with E-state index in [1.54, 1.807) is 4.90 Å². The van der Waals surface area contributed by atoms with Crippen LogP contribution in [-0.4, -0.2) is 88.2 Å². The molecule has 184 valence electrons. The van der Waals surface area contributed by atoms with Crippen molar-refractivity contribution >= 4 is 11.9 Å². The second-order valence-corrected chi connectivity index (χ2v) is 10.7. The number of aliphatic carboxylic acids is 2. The second-order valence-electron chi connectivity index (χ2n) is 10.7. The Hall–Kier alpha value is -2.74. The number of quaternary nitrogens is 2. The molecule has 0 aliphatic heterocycles. The van der Waals surface area contributed by atoms with Crippen molar-refractivity contribution in [3.8, 4) is 0 Å². The van der Waals surface area contributed by atoms with Crippen molar-refractivity contribution in [1.29, 1.82) is 0 Å². The molecule has 0 heterocycles. The monoisotopic (exact) mass is 459 g/mol. The summed E-state index contributed by atoms with van der Waals surface area (Å²) in [5.41, 5.74) is 1.79. The summed E-state index contributed by atoms with van der Waals surface area (Å²) >= 11 is 0. The van der Waals surface area contributed by atoms with E-state index >= 15 is 0 Å². The highest BCUT2D eigenvalue weighted by molar-refractivity contribution is 5.78. The fraction of sp³-hybridized carbons (Fsp3) is 0.462. The van der Waals surface area contributed by atoms with Crippen LogP contribution in [0.2, 0.25) is 0 Å². The Morgan fingerprint density at radius 3 is 1.24 bits per heavy atom. The van der Waals surface area contributed by atoms with Crippen LogP contribution in [0, 0.1) is 0 Å². The molecule has 0 bridgehead atoms. The van der Waals surface area contributed by atoms with Crippen LogP contribution < -0.4 is 10.2 Å². The molecule has 33 heavy (non-hydrogen) atoms. The van der Waals surface area contributed by atoms with Gasteiger partial charge in [-0.1, -0.05) is 60.7 Å². The molecular formula is C26H41N3O4. The average Bonchev–Trinajstić information content (AvgIpc) is 2.64. The van der Waals surface area contributed by atoms with Gasteiger partial charge < -0.3 is 28.8 Å². The minimum atomic E-state index is -1.42. The molecule has 0 spiro atoms. The van der Waals surface area contributed by atoms with Crippen LogP contribution in [0.15, 0.2) is 60.7 Å². The molecule has 2 aromatic rings. The lowest BCUT2D eigenvalue weighted by Gasteiger charge is -2.33. The summed E-state index contributed by atoms with van der Waals surface area (Å²) in [5, 5.41) is 22.3. The van der Waals surface area contributed by atoms with E-state index < -0.39 is 24.4 Å². The topological polar surface area (TPSA) is 83.5 Å². The Morgan fingerprint density at radius 2 is 1.00 bits per heavy atom. The van der Waals surface area contributed by atoms with E-state index in [0.29, 0.717) is 13.1 Å². The SMILES string of the molecule is C[N+](C)(C)C.C[N+](C)(C)C.O=C([O-])C[C@@H](C(=O)[O-])N(Cc1ccccc1)Cc1ccccc1. The summed E-state index contributed by atoms with van der Waals surface area (Å²) in [6, 6.07) is 17.3. The van der Waals surface area contributed by atoms with Crippen molar-refractivity contribution in [2.75, 3.05) is 56.4 Å². The maximum Gasteiger partial charge on any atom is 0.0675 e. The van der Waals surface area contributed by atoms with Crippen molar-refractivity contribution in [3.63, 3.8) is 0 Å². The first-order valence-corrected chi connectivity index (χ1v) is 10.9. The van der Waals surface area contributed by atoms with Gasteiger partial charge in [0.05, 0.1) is 68.4 Å². The zero-order valence-electron chi connectivity index (χ0n) is 21.4. The minimum absolute atomic E-state index is 0.307. The summed E-state index contributed by atoms with van der Waals surface area (Å²) < 4.78 is 2.00. The summed E-state index contributed by atoms with van der Waals surface area (Å²) in [6.45, 7) is 0.614. The van der Waals surface area contributed by atoms with E-state index in [2.05, 4.69) is 56.4 Å². The molecule has 7 nitrogen and oxygen atoms in total. The van der Waals surface area contributed by atoms with Gasteiger partial charge in [-0.15, -0.1) is 0 Å². The second kappa shape index (κ2) is 14.4. The number of nitrogens with zero attached hydrogens (tertiary/aromatic N) is 3. The van der Waals surface area contributed by atoms with Gasteiger partial charge in [-0.25, -0.2) is 0 Å². The maximum atomic E-state index is 11.4. The average molecular weight is 460 g/mol. The highest BCUT2D eigenvalue weighted by Gasteiger charge is 2.20. The molecule has 0 N–H and O–H groups in total. The number of benzene rings is 2. The molecule has 0 aromatic heterocycles. The fourth-order valence-corrected chi connectivity index (χ4v) is 2.43. The molecule has 1 atom stereocenters. The van der Waals surface area contributed by atoms with Crippen LogP contribution in [0.25, 0.3) is 0 Å². The van der Waals surface area contributed by atoms with Gasteiger partial charge in [0.1, 0.15) is 0 Å². The third kappa shape index (κ3) is 19.7. The van der Waals surface area contributed by atoms with Crippen molar-refractivity contribution in [3.05, 3.63) is 71.8 Å². The molecule has 0 fully saturated rings. The van der Waals surface area contributed by atoms with E-state index in [-0.39, 0.29) is 0 Å². The van der Waals surface area contributed by atoms with Crippen LogP contribution in [0.3, 0.4) is 0 Å². The summed E-state index contributed by atoms with van der Waals surface area (Å²) in [6.07, 6.45) is -0.609. The first kappa shape index (κ1) is 30.3. The van der Waals surface area contributed by atoms with Crippen molar-refractivity contribution in [1.82, 2.24) is 4.90 Å². The highest BCUT2D eigenvalue weighted by atomic mass is 16.4. The minimum Gasteiger partial charge on any atom is -0.550 e. The van der Waals surface area contributed by atoms with Crippen molar-refractivity contribution in [2.45, 2.75) is 25.6 Å². The van der Waals surface area contributed by atoms with Crippen molar-refractivity contribution < 1.29 is 28.8 Å². The third-order valence-electron chi connectivity index (χ3n) is 3.53. The first-order valence-electron chi connectivity index (χ1n) is 10.9. The molecule has 2 aromatic carbocycles. The van der Waals surface area contributed by atoms with Crippen molar-refractivity contribution in [2.24, 2.45) is 0 Å². The van der Waals surface area contributed by atoms with Crippen LogP contribution >= 0.6 is 0 Å². The Balaban J connectivity index is 0.000000859. The van der Waals surface area contributed by atoms with E-state index in [9.17, 15) is 19.8 Å². The number of carbonyl (C=O) groups excluding carboxylic acids is 2. The molecule has 0 aliphatic rings. The van der Waals surface area contributed by atoms with Gasteiger partial charge in [0.15, 0.2) is 0 Å². The number of hydrogen-bond acceptors (Lipinski definition) is 5. The quantitative estimate of drug-likeness (QED) is 0.540. The molecule has 7 heteroatoms. The normalized spacial score (nSPS) is 12.0. The van der Waals surface area contributed by atoms with Gasteiger partial charge in [0, 0.05) is 25.5 Å². The van der Waals surface area contributed by atoms with E-state index in [1.807, 2.05) is 60.7 Å². The van der Waals surface area contributed by atoms with Gasteiger partial charge in [-0.2, -0.15) is 0 Å². The molecular weight excluding hydrogens is 418 g/mol. The van der Waals surface area contributed by atoms with Gasteiger partial charge >= 0.3 is 0 Å². The Labute approximate surface area is 199 Å². The van der Waals surface area contributed by atoms with E-state index in [1.165, 1.54) is 0 Å². The smallest absolute Gasteiger partial charge is 0.0675 e. The van der Waals surface area contributed by atoms with Crippen LogP contribution in [0.1, 0.15) is 17.5 Å². The lowest BCUT2D eigenvalue weighted by atomic mass is 10.1. The Morgan fingerprint density at radius 1 is 0.697 bits per heavy atom. The van der Waals surface area contributed by atoms with Gasteiger partial charge in [0.25, 0.3) is 0 Å². The van der Waals surface area contributed by atoms with E-state index in [4.69, 9.17) is 0 Å². The van der Waals surface area contributed by atoms with Crippen LogP contribution in [-0.2, 0) is 22.7 Å². The Kier molecular flexibility index (Phi) is 13.2. The fourth-order valence-electron chi connectivity index (χ4n) is 2.43. The number of carboxylic acid groups (broad SMARTS) is 2. The van der Waals surface area contributed by atoms with Gasteiger partial charge in [0.2, 0.25) is 0 Å². The standard InChI is InChI=1S/C18H19NO4.2C4H12N/c20-17(21)11-16(18(22)23)19(12-14-7-3-1-4-8-14)13-15-9-5-2-6-10-15;2*1-5(2,3)4/h1-10,16H,11-13H2,(H,20,21)(H,22,23);2*1-4H3/q;2*+1/p-2/t16-;;/m0../s1. The highest BCUT2D eigenvalue weighted by Crippen LogP contribution is 2.15. The lowest BCUT2D eigenvalue weighted by molar-refractivity contribution is -0.849. The predicted octanol–water partition coefficient (Wildman–Crippen LogP) is 0.592. The number of rotatable bonds is 8. The first-order chi connectivity index (χ1) is 15.1. The molecule has 0 amide bonds. The zero-order valence-corrected chi connectivity index (χ0v) is 21.4.